The molecule has 23 heavy (non-hydrogen) atoms. The number of nitrogens with one attached hydrogen (secondary N) is 2. The largest absolute Gasteiger partial charge is 0.497 e. The highest BCUT2D eigenvalue weighted by molar-refractivity contribution is 7.08. The number of hydrogen-bond donors (Lipinski definition) is 2. The zero-order chi connectivity index (χ0) is 17.0. The number of hydrogen-bond acceptors (Lipinski definition) is 6. The fourth-order valence-corrected chi connectivity index (χ4v) is 2.31. The van der Waals surface area contributed by atoms with Crippen LogP contribution in [0.4, 0.5) is 11.4 Å². The number of carbonyl (C=O) groups is 2. The van der Waals surface area contributed by atoms with Crippen LogP contribution in [0.15, 0.2) is 18.2 Å². The van der Waals surface area contributed by atoms with Crippen LogP contribution < -0.4 is 15.4 Å². The summed E-state index contributed by atoms with van der Waals surface area (Å²) >= 11 is 1.02. The van der Waals surface area contributed by atoms with E-state index in [4.69, 9.17) is 4.74 Å². The molecule has 0 spiro atoms. The normalized spacial score (nSPS) is 10.5. The van der Waals surface area contributed by atoms with Gasteiger partial charge in [-0.25, -0.2) is 0 Å². The summed E-state index contributed by atoms with van der Waals surface area (Å²) < 4.78 is 8.92. The number of carbonyl (C=O) groups excluding carboxylic acids is 2. The Labute approximate surface area is 138 Å². The lowest BCUT2D eigenvalue weighted by Crippen LogP contribution is -2.20. The predicted molar refractivity (Wildman–Crippen MR) is 89.1 cm³/mol. The first kappa shape index (κ1) is 16.9. The Morgan fingerprint density at radius 3 is 2.52 bits per heavy atom. The molecule has 122 valence electrons. The van der Waals surface area contributed by atoms with Crippen LogP contribution in [0.5, 0.6) is 5.75 Å². The summed E-state index contributed by atoms with van der Waals surface area (Å²) in [5, 5.41) is 9.38. The van der Waals surface area contributed by atoms with E-state index in [-0.39, 0.29) is 17.7 Å². The zero-order valence-electron chi connectivity index (χ0n) is 13.3. The monoisotopic (exact) mass is 334 g/mol. The van der Waals surface area contributed by atoms with E-state index in [9.17, 15) is 9.59 Å². The van der Waals surface area contributed by atoms with E-state index in [1.54, 1.807) is 39.0 Å². The maximum atomic E-state index is 12.3. The molecule has 0 atom stereocenters. The molecule has 7 nitrogen and oxygen atoms in total. The molecular formula is C15H18N4O3S. The minimum atomic E-state index is -0.328. The van der Waals surface area contributed by atoms with Crippen LogP contribution in [0.25, 0.3) is 0 Å². The molecule has 0 radical (unpaired) electrons. The average Bonchev–Trinajstić information content (AvgIpc) is 2.94. The molecule has 0 aliphatic rings. The second kappa shape index (κ2) is 7.19. The van der Waals surface area contributed by atoms with Crippen LogP contribution in [0.1, 0.15) is 29.2 Å². The first-order chi connectivity index (χ1) is 10.9. The number of aryl methyl sites for hydroxylation is 1. The first-order valence-corrected chi connectivity index (χ1v) is 7.79. The summed E-state index contributed by atoms with van der Waals surface area (Å²) in [7, 11) is 1.53. The van der Waals surface area contributed by atoms with Gasteiger partial charge in [0, 0.05) is 12.0 Å². The number of aromatic nitrogens is 2. The Morgan fingerprint density at radius 2 is 1.96 bits per heavy atom. The highest BCUT2D eigenvalue weighted by Gasteiger charge is 2.17. The Bertz CT molecular complexity index is 727. The fraction of sp³-hybridized carbons (Fsp3) is 0.333. The molecule has 2 aromatic rings. The molecule has 0 fully saturated rings. The van der Waals surface area contributed by atoms with Crippen molar-refractivity contribution >= 4 is 34.7 Å². The highest BCUT2D eigenvalue weighted by atomic mass is 32.1. The van der Waals surface area contributed by atoms with Crippen molar-refractivity contribution in [3.05, 3.63) is 28.8 Å². The number of nitrogens with zero attached hydrogens (tertiary/aromatic N) is 2. The van der Waals surface area contributed by atoms with E-state index in [0.717, 1.165) is 11.5 Å². The van der Waals surface area contributed by atoms with Gasteiger partial charge in [0.15, 0.2) is 0 Å². The van der Waals surface area contributed by atoms with Gasteiger partial charge in [0.25, 0.3) is 5.91 Å². The van der Waals surface area contributed by atoms with Crippen LogP contribution in [-0.2, 0) is 4.79 Å². The Hall–Kier alpha value is -2.48. The maximum Gasteiger partial charge on any atom is 0.269 e. The van der Waals surface area contributed by atoms with Crippen molar-refractivity contribution in [1.82, 2.24) is 9.59 Å². The van der Waals surface area contributed by atoms with E-state index in [2.05, 4.69) is 20.2 Å². The molecule has 2 N–H and O–H groups in total. The van der Waals surface area contributed by atoms with E-state index in [1.807, 2.05) is 0 Å². The van der Waals surface area contributed by atoms with Gasteiger partial charge in [-0.2, -0.15) is 0 Å². The highest BCUT2D eigenvalue weighted by Crippen LogP contribution is 2.28. The smallest absolute Gasteiger partial charge is 0.269 e. The van der Waals surface area contributed by atoms with Gasteiger partial charge < -0.3 is 15.4 Å². The summed E-state index contributed by atoms with van der Waals surface area (Å²) in [4.78, 5) is 24.7. The molecule has 0 aliphatic heterocycles. The second-order valence-electron chi connectivity index (χ2n) is 5.20. The van der Waals surface area contributed by atoms with Gasteiger partial charge in [-0.1, -0.05) is 18.3 Å². The Kier molecular flexibility index (Phi) is 5.28. The molecule has 0 bridgehead atoms. The summed E-state index contributed by atoms with van der Waals surface area (Å²) in [5.74, 6) is -0.0670. The molecule has 0 aliphatic carbocycles. The number of ether oxygens (including phenoxy) is 1. The van der Waals surface area contributed by atoms with Crippen LogP contribution in [0.2, 0.25) is 0 Å². The van der Waals surface area contributed by atoms with Crippen molar-refractivity contribution < 1.29 is 14.3 Å². The van der Waals surface area contributed by atoms with Gasteiger partial charge in [-0.3, -0.25) is 9.59 Å². The molecule has 1 aromatic carbocycles. The lowest BCUT2D eigenvalue weighted by atomic mass is 10.2. The fourth-order valence-electron chi connectivity index (χ4n) is 1.76. The molecule has 0 unspecified atom stereocenters. The summed E-state index contributed by atoms with van der Waals surface area (Å²) in [6.45, 7) is 5.30. The van der Waals surface area contributed by atoms with Crippen LogP contribution in [0, 0.1) is 12.8 Å². The molecule has 2 rings (SSSR count). The Balaban J connectivity index is 2.29. The molecule has 1 heterocycles. The number of benzene rings is 1. The third-order valence-corrected chi connectivity index (χ3v) is 3.94. The van der Waals surface area contributed by atoms with Crippen LogP contribution in [0.3, 0.4) is 0 Å². The van der Waals surface area contributed by atoms with Gasteiger partial charge in [0.05, 0.1) is 24.2 Å². The third-order valence-electron chi connectivity index (χ3n) is 3.11. The minimum Gasteiger partial charge on any atom is -0.497 e. The molecule has 0 saturated heterocycles. The van der Waals surface area contributed by atoms with Crippen LogP contribution >= 0.6 is 11.5 Å². The Morgan fingerprint density at radius 1 is 1.22 bits per heavy atom. The van der Waals surface area contributed by atoms with Crippen molar-refractivity contribution in [3.8, 4) is 5.75 Å². The molecule has 8 heteroatoms. The molecular weight excluding hydrogens is 316 g/mol. The van der Waals surface area contributed by atoms with Gasteiger partial charge in [0.1, 0.15) is 10.6 Å². The van der Waals surface area contributed by atoms with Crippen molar-refractivity contribution in [3.63, 3.8) is 0 Å². The second-order valence-corrected chi connectivity index (χ2v) is 5.95. The lowest BCUT2D eigenvalue weighted by Gasteiger charge is -2.14. The van der Waals surface area contributed by atoms with Gasteiger partial charge in [-0.05, 0) is 30.6 Å². The molecule has 0 saturated carbocycles. The standard InChI is InChI=1S/C15H18N4O3S/c1-8(2)14(20)16-11-6-5-10(22-4)7-12(11)17-15(21)13-9(3)18-19-23-13/h5-8H,1-4H3,(H,16,20)(H,17,21). The SMILES string of the molecule is COc1ccc(NC(=O)C(C)C)c(NC(=O)c2snnc2C)c1. The van der Waals surface area contributed by atoms with Crippen LogP contribution in [-0.4, -0.2) is 28.5 Å². The summed E-state index contributed by atoms with van der Waals surface area (Å²) in [6.07, 6.45) is 0. The van der Waals surface area contributed by atoms with Gasteiger partial charge >= 0.3 is 0 Å². The van der Waals surface area contributed by atoms with Crippen molar-refractivity contribution in [2.75, 3.05) is 17.7 Å². The summed E-state index contributed by atoms with van der Waals surface area (Å²) in [6, 6.07) is 5.05. The van der Waals surface area contributed by atoms with Crippen molar-refractivity contribution in [2.24, 2.45) is 5.92 Å². The third kappa shape index (κ3) is 4.04. The zero-order valence-corrected chi connectivity index (χ0v) is 14.2. The van der Waals surface area contributed by atoms with Crippen molar-refractivity contribution in [2.45, 2.75) is 20.8 Å². The predicted octanol–water partition coefficient (Wildman–Crippen LogP) is 2.70. The van der Waals surface area contributed by atoms with E-state index >= 15 is 0 Å². The topological polar surface area (TPSA) is 93.2 Å². The van der Waals surface area contributed by atoms with E-state index in [1.165, 1.54) is 7.11 Å². The number of rotatable bonds is 5. The number of amides is 2. The maximum absolute atomic E-state index is 12.3. The van der Waals surface area contributed by atoms with Gasteiger partial charge in [0.2, 0.25) is 5.91 Å². The van der Waals surface area contributed by atoms with E-state index in [0.29, 0.717) is 27.7 Å². The minimum absolute atomic E-state index is 0.138. The van der Waals surface area contributed by atoms with Gasteiger partial charge in [-0.15, -0.1) is 5.10 Å². The first-order valence-electron chi connectivity index (χ1n) is 7.01. The lowest BCUT2D eigenvalue weighted by molar-refractivity contribution is -0.118. The average molecular weight is 334 g/mol. The molecule has 2 amide bonds. The molecule has 1 aromatic heterocycles. The summed E-state index contributed by atoms with van der Waals surface area (Å²) in [5.41, 5.74) is 1.52. The quantitative estimate of drug-likeness (QED) is 0.877. The number of methoxy groups -OCH3 is 1. The number of anilines is 2. The van der Waals surface area contributed by atoms with E-state index < -0.39 is 0 Å². The van der Waals surface area contributed by atoms with Crippen molar-refractivity contribution in [1.29, 1.82) is 0 Å².